The van der Waals surface area contributed by atoms with Crippen LogP contribution in [0.2, 0.25) is 0 Å². The Morgan fingerprint density at radius 2 is 1.93 bits per heavy atom. The average Bonchev–Trinajstić information content (AvgIpc) is 3.47. The summed E-state index contributed by atoms with van der Waals surface area (Å²) >= 11 is 0. The molecule has 1 aliphatic rings. The van der Waals surface area contributed by atoms with E-state index in [1.165, 1.54) is 30.3 Å². The van der Waals surface area contributed by atoms with Crippen molar-refractivity contribution in [1.29, 1.82) is 0 Å². The molecule has 0 bridgehead atoms. The maximum atomic E-state index is 14.6. The zero-order chi connectivity index (χ0) is 21.3. The molecule has 10 heteroatoms. The Morgan fingerprint density at radius 3 is 2.57 bits per heavy atom. The lowest BCUT2D eigenvalue weighted by molar-refractivity contribution is -0.384. The number of anilines is 3. The molecule has 0 aliphatic heterocycles. The third-order valence-corrected chi connectivity index (χ3v) is 4.94. The summed E-state index contributed by atoms with van der Waals surface area (Å²) in [5.74, 6) is -0.481. The highest BCUT2D eigenvalue weighted by molar-refractivity contribution is 5.73. The van der Waals surface area contributed by atoms with E-state index in [4.69, 9.17) is 0 Å². The monoisotopic (exact) mass is 415 g/mol. The number of H-pyrrole nitrogens is 1. The number of halogens is 2. The van der Waals surface area contributed by atoms with E-state index in [2.05, 4.69) is 20.8 Å². The predicted molar refractivity (Wildman–Crippen MR) is 107 cm³/mol. The molecule has 0 saturated heterocycles. The van der Waals surface area contributed by atoms with Crippen LogP contribution in [-0.2, 0) is 0 Å². The van der Waals surface area contributed by atoms with E-state index >= 15 is 0 Å². The molecule has 0 amide bonds. The Bertz CT molecular complexity index is 1070. The maximum absolute atomic E-state index is 14.6. The Morgan fingerprint density at radius 1 is 1.20 bits per heavy atom. The molecule has 1 aromatic heterocycles. The van der Waals surface area contributed by atoms with Crippen molar-refractivity contribution in [2.75, 3.05) is 17.2 Å². The summed E-state index contributed by atoms with van der Waals surface area (Å²) in [5.41, 5.74) is 1.03. The molecular formula is C20H19F2N5O3. The largest absolute Gasteiger partial charge is 0.394 e. The Labute approximate surface area is 170 Å². The van der Waals surface area contributed by atoms with Crippen LogP contribution >= 0.6 is 0 Å². The number of benzene rings is 2. The molecule has 0 radical (unpaired) electrons. The first-order valence-corrected chi connectivity index (χ1v) is 9.37. The van der Waals surface area contributed by atoms with Crippen molar-refractivity contribution in [3.05, 3.63) is 75.5 Å². The highest BCUT2D eigenvalue weighted by Gasteiger charge is 2.26. The van der Waals surface area contributed by atoms with Gasteiger partial charge in [0.05, 0.1) is 29.3 Å². The molecule has 1 aliphatic carbocycles. The van der Waals surface area contributed by atoms with E-state index in [0.717, 1.165) is 24.6 Å². The van der Waals surface area contributed by atoms with Crippen LogP contribution in [-0.4, -0.2) is 26.8 Å². The molecule has 1 heterocycles. The van der Waals surface area contributed by atoms with Gasteiger partial charge in [-0.1, -0.05) is 12.1 Å². The van der Waals surface area contributed by atoms with E-state index in [9.17, 15) is 24.0 Å². The van der Waals surface area contributed by atoms with E-state index in [1.54, 1.807) is 6.07 Å². The van der Waals surface area contributed by atoms with Crippen molar-refractivity contribution >= 4 is 22.9 Å². The zero-order valence-electron chi connectivity index (χ0n) is 15.7. The number of aliphatic hydroxyl groups excluding tert-OH is 1. The van der Waals surface area contributed by atoms with Crippen molar-refractivity contribution in [3.8, 4) is 0 Å². The van der Waals surface area contributed by atoms with Crippen LogP contribution in [0.4, 0.5) is 31.7 Å². The highest BCUT2D eigenvalue weighted by Crippen LogP contribution is 2.40. The summed E-state index contributed by atoms with van der Waals surface area (Å²) in [4.78, 5) is 10.7. The molecule has 1 fully saturated rings. The van der Waals surface area contributed by atoms with Crippen LogP contribution in [0.3, 0.4) is 0 Å². The van der Waals surface area contributed by atoms with Crippen LogP contribution in [0, 0.1) is 21.7 Å². The van der Waals surface area contributed by atoms with Gasteiger partial charge in [-0.3, -0.25) is 15.2 Å². The first-order valence-electron chi connectivity index (χ1n) is 9.37. The van der Waals surface area contributed by atoms with Gasteiger partial charge in [0.2, 0.25) is 0 Å². The number of hydrogen-bond donors (Lipinski definition) is 4. The van der Waals surface area contributed by atoms with Gasteiger partial charge in [0.25, 0.3) is 5.69 Å². The van der Waals surface area contributed by atoms with Crippen molar-refractivity contribution in [3.63, 3.8) is 0 Å². The van der Waals surface area contributed by atoms with Gasteiger partial charge in [-0.05, 0) is 36.6 Å². The standard InChI is InChI=1S/C20H19F2N5O3/c21-13-5-3-12(4-6-13)18(10-28)23-16-8-17(19(27(29)30)7-14(16)22)24-20-9-15(25-26-20)11-1-2-11/h3-9,11,18,23,28H,1-2,10H2,(H2,24,25,26)/t18-/m0/s1. The summed E-state index contributed by atoms with van der Waals surface area (Å²) < 4.78 is 27.7. The maximum Gasteiger partial charge on any atom is 0.295 e. The molecule has 0 spiro atoms. The smallest absolute Gasteiger partial charge is 0.295 e. The molecular weight excluding hydrogens is 396 g/mol. The molecule has 30 heavy (non-hydrogen) atoms. The molecule has 3 aromatic rings. The van der Waals surface area contributed by atoms with Gasteiger partial charge >= 0.3 is 0 Å². The fourth-order valence-corrected chi connectivity index (χ4v) is 3.18. The molecule has 8 nitrogen and oxygen atoms in total. The lowest BCUT2D eigenvalue weighted by Crippen LogP contribution is -2.16. The third-order valence-electron chi connectivity index (χ3n) is 4.94. The molecule has 4 N–H and O–H groups in total. The number of rotatable bonds is 8. The second kappa shape index (κ2) is 8.07. The van der Waals surface area contributed by atoms with Crippen molar-refractivity contribution in [2.45, 2.75) is 24.8 Å². The summed E-state index contributed by atoms with van der Waals surface area (Å²) in [6, 6.07) is 8.49. The minimum Gasteiger partial charge on any atom is -0.394 e. The zero-order valence-corrected chi connectivity index (χ0v) is 15.7. The minimum absolute atomic E-state index is 0.0496. The predicted octanol–water partition coefficient (Wildman–Crippen LogP) is 4.36. The highest BCUT2D eigenvalue weighted by atomic mass is 19.1. The number of nitrogens with one attached hydrogen (secondary N) is 3. The SMILES string of the molecule is O=[N+]([O-])c1cc(F)c(N[C@@H](CO)c2ccc(F)cc2)cc1Nc1cc(C2CC2)[nH]n1. The lowest BCUT2D eigenvalue weighted by atomic mass is 10.1. The number of nitro groups is 1. The number of aliphatic hydroxyl groups is 1. The van der Waals surface area contributed by atoms with Gasteiger partial charge in [0.15, 0.2) is 11.6 Å². The molecule has 0 unspecified atom stereocenters. The van der Waals surface area contributed by atoms with Crippen LogP contribution in [0.15, 0.2) is 42.5 Å². The molecule has 2 aromatic carbocycles. The summed E-state index contributed by atoms with van der Waals surface area (Å²) in [7, 11) is 0. The first-order chi connectivity index (χ1) is 14.4. The average molecular weight is 415 g/mol. The van der Waals surface area contributed by atoms with E-state index in [0.29, 0.717) is 17.3 Å². The Kier molecular flexibility index (Phi) is 5.32. The van der Waals surface area contributed by atoms with Gasteiger partial charge in [-0.25, -0.2) is 8.78 Å². The topological polar surface area (TPSA) is 116 Å². The summed E-state index contributed by atoms with van der Waals surface area (Å²) in [6.45, 7) is -0.394. The number of aromatic amines is 1. The van der Waals surface area contributed by atoms with Gasteiger partial charge in [-0.15, -0.1) is 0 Å². The van der Waals surface area contributed by atoms with Crippen LogP contribution in [0.25, 0.3) is 0 Å². The quantitative estimate of drug-likeness (QED) is 0.321. The molecule has 156 valence electrons. The summed E-state index contributed by atoms with van der Waals surface area (Å²) in [5, 5.41) is 33.8. The second-order valence-electron chi connectivity index (χ2n) is 7.15. The first kappa shape index (κ1) is 19.8. The van der Waals surface area contributed by atoms with Gasteiger partial charge in [0, 0.05) is 17.7 Å². The van der Waals surface area contributed by atoms with Gasteiger partial charge in [-0.2, -0.15) is 5.10 Å². The van der Waals surface area contributed by atoms with E-state index in [-0.39, 0.29) is 11.4 Å². The lowest BCUT2D eigenvalue weighted by Gasteiger charge is -2.19. The van der Waals surface area contributed by atoms with Crippen LogP contribution < -0.4 is 10.6 Å². The Balaban J connectivity index is 1.62. The van der Waals surface area contributed by atoms with Crippen LogP contribution in [0.1, 0.15) is 36.1 Å². The van der Waals surface area contributed by atoms with Gasteiger partial charge in [0.1, 0.15) is 11.5 Å². The minimum atomic E-state index is -0.853. The number of nitrogens with zero attached hydrogens (tertiary/aromatic N) is 2. The van der Waals surface area contributed by atoms with E-state index in [1.807, 2.05) is 0 Å². The number of nitro benzene ring substituents is 1. The van der Waals surface area contributed by atoms with Crippen molar-refractivity contribution in [2.24, 2.45) is 0 Å². The van der Waals surface area contributed by atoms with Gasteiger partial charge < -0.3 is 15.7 Å². The third kappa shape index (κ3) is 4.23. The van der Waals surface area contributed by atoms with Crippen molar-refractivity contribution in [1.82, 2.24) is 10.2 Å². The molecule has 1 atom stereocenters. The normalized spacial score (nSPS) is 14.4. The van der Waals surface area contributed by atoms with Crippen LogP contribution in [0.5, 0.6) is 0 Å². The fourth-order valence-electron chi connectivity index (χ4n) is 3.18. The molecule has 4 rings (SSSR count). The number of hydrogen-bond acceptors (Lipinski definition) is 6. The fraction of sp³-hybridized carbons (Fsp3) is 0.250. The summed E-state index contributed by atoms with van der Waals surface area (Å²) in [6.07, 6.45) is 2.14. The molecule has 1 saturated carbocycles. The number of aromatic nitrogens is 2. The van der Waals surface area contributed by atoms with E-state index < -0.39 is 34.9 Å². The Hall–Kier alpha value is -3.53. The second-order valence-corrected chi connectivity index (χ2v) is 7.15. The van der Waals surface area contributed by atoms with Crippen molar-refractivity contribution < 1.29 is 18.8 Å².